The fourth-order valence-corrected chi connectivity index (χ4v) is 8.91. The summed E-state index contributed by atoms with van der Waals surface area (Å²) in [5.41, 5.74) is 14.6. The molecule has 5 aromatic rings. The van der Waals surface area contributed by atoms with E-state index in [0.29, 0.717) is 36.0 Å². The van der Waals surface area contributed by atoms with Crippen molar-refractivity contribution in [2.24, 2.45) is 11.7 Å². The number of likely N-dealkylation sites (tertiary alicyclic amines) is 1. The lowest BCUT2D eigenvalue weighted by Crippen LogP contribution is -2.42. The lowest BCUT2D eigenvalue weighted by atomic mass is 9.94. The summed E-state index contributed by atoms with van der Waals surface area (Å²) in [5, 5.41) is 32.0. The molecule has 0 spiro atoms. The van der Waals surface area contributed by atoms with Gasteiger partial charge in [-0.1, -0.05) is 24.3 Å². The predicted octanol–water partition coefficient (Wildman–Crippen LogP) is 4.35. The molecule has 8 rings (SSSR count). The highest BCUT2D eigenvalue weighted by atomic mass is 19.1. The number of halogens is 2. The Hall–Kier alpha value is -6.69. The minimum Gasteiger partial charge on any atom is -0.496 e. The normalized spacial score (nSPS) is 18.1. The molecular formula is C43H47F2N9O7. The summed E-state index contributed by atoms with van der Waals surface area (Å²) in [6.07, 6.45) is 3.28. The first-order valence-electron chi connectivity index (χ1n) is 20.3. The second-order valence-corrected chi connectivity index (χ2v) is 15.9. The van der Waals surface area contributed by atoms with Gasteiger partial charge in [0.25, 0.3) is 11.8 Å². The molecule has 1 unspecified atom stereocenters. The smallest absolute Gasteiger partial charge is 0.255 e. The Bertz CT molecular complexity index is 2520. The van der Waals surface area contributed by atoms with Crippen molar-refractivity contribution < 1.29 is 42.9 Å². The first-order valence-corrected chi connectivity index (χ1v) is 20.3. The van der Waals surface area contributed by atoms with Crippen molar-refractivity contribution in [2.75, 3.05) is 50.5 Å². The number of carbonyl (C=O) groups excluding carboxylic acids is 4. The van der Waals surface area contributed by atoms with Gasteiger partial charge in [-0.2, -0.15) is 5.10 Å². The lowest BCUT2D eigenvalue weighted by Gasteiger charge is -2.38. The summed E-state index contributed by atoms with van der Waals surface area (Å²) in [6.45, 7) is 3.77. The van der Waals surface area contributed by atoms with Crippen LogP contribution in [-0.2, 0) is 16.1 Å². The molecule has 0 bridgehead atoms. The lowest BCUT2D eigenvalue weighted by molar-refractivity contribution is -0.136. The van der Waals surface area contributed by atoms with Crippen LogP contribution in [0.2, 0.25) is 0 Å². The van der Waals surface area contributed by atoms with Crippen LogP contribution in [0, 0.1) is 17.6 Å². The van der Waals surface area contributed by atoms with Crippen molar-refractivity contribution in [3.63, 3.8) is 0 Å². The maximum Gasteiger partial charge on any atom is 0.255 e. The van der Waals surface area contributed by atoms with Gasteiger partial charge in [-0.05, 0) is 73.9 Å². The fourth-order valence-electron chi connectivity index (χ4n) is 8.91. The molecule has 0 saturated carbocycles. The van der Waals surface area contributed by atoms with Crippen LogP contribution in [0.5, 0.6) is 17.5 Å². The zero-order valence-electron chi connectivity index (χ0n) is 33.5. The first kappa shape index (κ1) is 41.1. The quantitative estimate of drug-likeness (QED) is 0.103. The molecule has 320 valence electrons. The van der Waals surface area contributed by atoms with E-state index in [1.807, 2.05) is 4.90 Å². The monoisotopic (exact) mass is 839 g/mol. The summed E-state index contributed by atoms with van der Waals surface area (Å²) in [6, 6.07) is 12.5. The Morgan fingerprint density at radius 1 is 0.934 bits per heavy atom. The molecule has 8 N–H and O–H groups in total. The van der Waals surface area contributed by atoms with E-state index in [4.69, 9.17) is 21.3 Å². The van der Waals surface area contributed by atoms with Crippen LogP contribution in [0.15, 0.2) is 54.6 Å². The van der Waals surface area contributed by atoms with Gasteiger partial charge in [-0.3, -0.25) is 29.1 Å². The second-order valence-electron chi connectivity index (χ2n) is 15.9. The Kier molecular flexibility index (Phi) is 11.3. The molecule has 61 heavy (non-hydrogen) atoms. The minimum atomic E-state index is -0.999. The number of imide groups is 1. The molecule has 3 aliphatic rings. The molecular weight excluding hydrogens is 793 g/mol. The molecule has 5 heterocycles. The number of nitrogens with zero attached hydrogens (tertiary/aromatic N) is 5. The van der Waals surface area contributed by atoms with Gasteiger partial charge in [0.1, 0.15) is 40.5 Å². The molecule has 16 nitrogen and oxygen atoms in total. The van der Waals surface area contributed by atoms with Gasteiger partial charge in [-0.25, -0.2) is 13.5 Å². The van der Waals surface area contributed by atoms with Crippen molar-refractivity contribution in [3.05, 3.63) is 82.9 Å². The largest absolute Gasteiger partial charge is 0.496 e. The van der Waals surface area contributed by atoms with E-state index in [2.05, 4.69) is 15.5 Å². The molecule has 0 aliphatic carbocycles. The van der Waals surface area contributed by atoms with Crippen LogP contribution in [0.1, 0.15) is 76.9 Å². The van der Waals surface area contributed by atoms with Crippen LogP contribution in [0.3, 0.4) is 0 Å². The third kappa shape index (κ3) is 8.02. The van der Waals surface area contributed by atoms with Gasteiger partial charge < -0.3 is 41.5 Å². The number of hydrogen-bond donors (Lipinski definition) is 6. The molecule has 18 heteroatoms. The number of ether oxygens (including phenoxy) is 1. The second kappa shape index (κ2) is 16.8. The Balaban J connectivity index is 0.865. The SMILES string of the molecule is COc1ccc(F)cc1C(=O)NCc1ccc(-c2nn(C3CCN(CC4CCN(c5cc6c(O)n(C7CCC(=O)NC7=O)c(O)c6cc5F)CC4)CC3)c(N)c2C(N)=O)cc1. The van der Waals surface area contributed by atoms with Crippen LogP contribution < -0.4 is 31.7 Å². The number of rotatable bonds is 11. The van der Waals surface area contributed by atoms with Crippen molar-refractivity contribution in [2.45, 2.75) is 57.2 Å². The average Bonchev–Trinajstić information content (AvgIpc) is 3.72. The predicted molar refractivity (Wildman–Crippen MR) is 221 cm³/mol. The van der Waals surface area contributed by atoms with E-state index in [1.54, 1.807) is 28.9 Å². The molecule has 0 radical (unpaired) electrons. The zero-order valence-corrected chi connectivity index (χ0v) is 33.5. The van der Waals surface area contributed by atoms with Crippen molar-refractivity contribution in [3.8, 4) is 28.8 Å². The number of nitrogens with two attached hydrogens (primary N) is 2. The van der Waals surface area contributed by atoms with Gasteiger partial charge in [0, 0.05) is 56.6 Å². The molecule has 1 atom stereocenters. The maximum absolute atomic E-state index is 15.5. The maximum atomic E-state index is 15.5. The highest BCUT2D eigenvalue weighted by Crippen LogP contribution is 2.44. The summed E-state index contributed by atoms with van der Waals surface area (Å²) in [7, 11) is 1.40. The van der Waals surface area contributed by atoms with Gasteiger partial charge in [-0.15, -0.1) is 0 Å². The van der Waals surface area contributed by atoms with E-state index in [9.17, 15) is 33.8 Å². The van der Waals surface area contributed by atoms with Crippen molar-refractivity contribution in [1.82, 2.24) is 29.9 Å². The van der Waals surface area contributed by atoms with Crippen molar-refractivity contribution >= 4 is 45.9 Å². The molecule has 2 aromatic heterocycles. The Morgan fingerprint density at radius 2 is 1.62 bits per heavy atom. The van der Waals surface area contributed by atoms with E-state index in [1.165, 1.54) is 31.4 Å². The number of nitrogens with one attached hydrogen (secondary N) is 2. The molecule has 3 saturated heterocycles. The van der Waals surface area contributed by atoms with Gasteiger partial charge in [0.2, 0.25) is 23.6 Å². The van der Waals surface area contributed by atoms with Crippen LogP contribution in [0.25, 0.3) is 22.0 Å². The number of piperidine rings is 3. The van der Waals surface area contributed by atoms with Crippen LogP contribution in [0.4, 0.5) is 20.3 Å². The summed E-state index contributed by atoms with van der Waals surface area (Å²) >= 11 is 0. The first-order chi connectivity index (χ1) is 29.3. The number of hydrogen-bond acceptors (Lipinski definition) is 11. The number of methoxy groups -OCH3 is 1. The Morgan fingerprint density at radius 3 is 2.28 bits per heavy atom. The number of nitrogen functional groups attached to an aromatic ring is 1. The fraction of sp³-hybridized carbons (Fsp3) is 0.372. The molecule has 3 aromatic carbocycles. The highest BCUT2D eigenvalue weighted by Gasteiger charge is 2.34. The zero-order chi connectivity index (χ0) is 43.1. The standard InChI is InChI=1S/C43H47F2N9O7/c1-61-34-8-6-26(44)18-30(34)40(57)48-21-23-2-4-25(5-3-23)37-36(39(47)56)38(46)54(50-37)27-12-14-51(15-13-27)22-24-10-16-52(17-11-24)33-20-29-28(19-31(33)45)42(59)53(43(29)60)32-7-9-35(55)49-41(32)58/h2-6,8,18-20,24,27,32,59-60H,7,9-17,21-22,46H2,1H3,(H2,47,56)(H,48,57)(H,49,55,58). The molecule has 3 aliphatic heterocycles. The third-order valence-electron chi connectivity index (χ3n) is 12.2. The molecule has 4 amide bonds. The van der Waals surface area contributed by atoms with Gasteiger partial charge in [0.15, 0.2) is 0 Å². The highest BCUT2D eigenvalue weighted by molar-refractivity contribution is 6.04. The van der Waals surface area contributed by atoms with E-state index in [-0.39, 0.29) is 64.8 Å². The van der Waals surface area contributed by atoms with Gasteiger partial charge in [0.05, 0.1) is 29.8 Å². The molecule has 3 fully saturated rings. The summed E-state index contributed by atoms with van der Waals surface area (Å²) in [5.74, 6) is -3.32. The number of aromatic hydroxyl groups is 2. The van der Waals surface area contributed by atoms with Crippen LogP contribution in [-0.4, -0.2) is 92.9 Å². The van der Waals surface area contributed by atoms with Crippen molar-refractivity contribution in [1.29, 1.82) is 0 Å². The van der Waals surface area contributed by atoms with E-state index >= 15 is 4.39 Å². The van der Waals surface area contributed by atoms with E-state index < -0.39 is 47.2 Å². The van der Waals surface area contributed by atoms with Gasteiger partial charge >= 0.3 is 0 Å². The minimum absolute atomic E-state index is 0.0522. The number of benzene rings is 3. The van der Waals surface area contributed by atoms with E-state index in [0.717, 1.165) is 61.5 Å². The third-order valence-corrected chi connectivity index (χ3v) is 12.2. The average molecular weight is 840 g/mol. The number of carbonyl (C=O) groups is 4. The number of fused-ring (bicyclic) bond motifs is 1. The Labute approximate surface area is 349 Å². The topological polar surface area (TPSA) is 223 Å². The van der Waals surface area contributed by atoms with Crippen LogP contribution >= 0.6 is 0 Å². The number of aromatic nitrogens is 3. The number of anilines is 2. The summed E-state index contributed by atoms with van der Waals surface area (Å²) < 4.78 is 37.3. The number of amides is 4. The summed E-state index contributed by atoms with van der Waals surface area (Å²) in [4.78, 5) is 53.9. The number of primary amides is 1.